The molecule has 0 amide bonds. The van der Waals surface area contributed by atoms with E-state index in [4.69, 9.17) is 26.1 Å². The number of fused-ring (bicyclic) bond motifs is 3. The van der Waals surface area contributed by atoms with Gasteiger partial charge in [0.2, 0.25) is 0 Å². The largest absolute Gasteiger partial charge is 0.483 e. The van der Waals surface area contributed by atoms with Gasteiger partial charge in [0.05, 0.1) is 29.6 Å². The van der Waals surface area contributed by atoms with Crippen molar-refractivity contribution in [3.05, 3.63) is 59.1 Å². The highest BCUT2D eigenvalue weighted by atomic mass is 35.5. The van der Waals surface area contributed by atoms with Gasteiger partial charge < -0.3 is 19.7 Å². The number of anilines is 1. The molecule has 2 aromatic carbocycles. The number of aromatic nitrogens is 2. The Balaban J connectivity index is 1.25. The molecule has 0 unspecified atom stereocenters. The van der Waals surface area contributed by atoms with Crippen molar-refractivity contribution in [2.75, 3.05) is 57.4 Å². The van der Waals surface area contributed by atoms with Gasteiger partial charge in [-0.1, -0.05) is 23.7 Å². The molecule has 172 valence electrons. The molecule has 0 aliphatic carbocycles. The quantitative estimate of drug-likeness (QED) is 0.638. The van der Waals surface area contributed by atoms with E-state index in [2.05, 4.69) is 62.3 Å². The highest BCUT2D eigenvalue weighted by Crippen LogP contribution is 2.37. The van der Waals surface area contributed by atoms with Gasteiger partial charge in [0.1, 0.15) is 12.4 Å². The smallest absolute Gasteiger partial charge is 0.151 e. The second-order valence-corrected chi connectivity index (χ2v) is 9.19. The third-order valence-corrected chi connectivity index (χ3v) is 6.95. The lowest BCUT2D eigenvalue weighted by Gasteiger charge is -2.29. The number of morpholine rings is 1. The number of hydrogen-bond acceptors (Lipinski definition) is 6. The molecule has 33 heavy (non-hydrogen) atoms. The van der Waals surface area contributed by atoms with Crippen LogP contribution in [-0.4, -0.2) is 66.9 Å². The summed E-state index contributed by atoms with van der Waals surface area (Å²) in [6.07, 6.45) is 2.14. The lowest BCUT2D eigenvalue weighted by molar-refractivity contribution is 0.0337. The monoisotopic (exact) mass is 465 g/mol. The van der Waals surface area contributed by atoms with E-state index in [1.165, 1.54) is 5.69 Å². The van der Waals surface area contributed by atoms with Crippen LogP contribution in [0.25, 0.3) is 16.8 Å². The fraction of sp³-hybridized carbons (Fsp3) is 0.400. The zero-order valence-electron chi connectivity index (χ0n) is 18.6. The fourth-order valence-electron chi connectivity index (χ4n) is 4.84. The fourth-order valence-corrected chi connectivity index (χ4v) is 5.13. The van der Waals surface area contributed by atoms with Gasteiger partial charge in [0.15, 0.2) is 5.82 Å². The number of ether oxygens (including phenoxy) is 2. The molecule has 0 atom stereocenters. The number of imidazole rings is 1. The van der Waals surface area contributed by atoms with E-state index in [9.17, 15) is 0 Å². The third kappa shape index (κ3) is 4.22. The number of hydrogen-bond donors (Lipinski definition) is 1. The van der Waals surface area contributed by atoms with Gasteiger partial charge >= 0.3 is 0 Å². The van der Waals surface area contributed by atoms with Gasteiger partial charge in [0.25, 0.3) is 0 Å². The number of nitrogens with one attached hydrogen (secondary N) is 1. The Morgan fingerprint density at radius 1 is 1.00 bits per heavy atom. The number of piperazine rings is 1. The molecule has 3 aromatic rings. The summed E-state index contributed by atoms with van der Waals surface area (Å²) in [6.45, 7) is 8.81. The van der Waals surface area contributed by atoms with Crippen LogP contribution in [0, 0.1) is 0 Å². The van der Waals surface area contributed by atoms with E-state index in [0.29, 0.717) is 6.61 Å². The van der Waals surface area contributed by atoms with Gasteiger partial charge in [-0.3, -0.25) is 9.47 Å². The molecule has 3 aliphatic rings. The Labute approximate surface area is 198 Å². The summed E-state index contributed by atoms with van der Waals surface area (Å²) < 4.78 is 13.7. The first kappa shape index (κ1) is 21.0. The van der Waals surface area contributed by atoms with Crippen LogP contribution < -0.4 is 15.0 Å². The summed E-state index contributed by atoms with van der Waals surface area (Å²) in [6, 6.07) is 12.7. The summed E-state index contributed by atoms with van der Waals surface area (Å²) in [5, 5.41) is 4.15. The molecule has 1 N–H and O–H groups in total. The minimum atomic E-state index is 0.467. The highest BCUT2D eigenvalue weighted by molar-refractivity contribution is 6.33. The molecule has 0 spiro atoms. The van der Waals surface area contributed by atoms with E-state index >= 15 is 0 Å². The zero-order valence-corrected chi connectivity index (χ0v) is 19.4. The SMILES string of the molecule is Clc1cc(N2CCNCC2)ccc1-c1ccc2c(c1)OCc1nc(CN3CCOCC3)cn1-2. The molecule has 0 bridgehead atoms. The Bertz CT molecular complexity index is 1150. The summed E-state index contributed by atoms with van der Waals surface area (Å²) in [4.78, 5) is 9.57. The number of halogens is 1. The van der Waals surface area contributed by atoms with E-state index in [-0.39, 0.29) is 0 Å². The van der Waals surface area contributed by atoms with Crippen molar-refractivity contribution < 1.29 is 9.47 Å². The molecule has 7 nitrogen and oxygen atoms in total. The van der Waals surface area contributed by atoms with E-state index in [1.807, 2.05) is 0 Å². The maximum Gasteiger partial charge on any atom is 0.151 e. The molecule has 0 radical (unpaired) electrons. The van der Waals surface area contributed by atoms with Gasteiger partial charge in [-0.2, -0.15) is 0 Å². The highest BCUT2D eigenvalue weighted by Gasteiger charge is 2.22. The second kappa shape index (κ2) is 8.99. The van der Waals surface area contributed by atoms with Crippen LogP contribution in [0.2, 0.25) is 5.02 Å². The predicted molar refractivity (Wildman–Crippen MR) is 130 cm³/mol. The van der Waals surface area contributed by atoms with Crippen LogP contribution in [0.5, 0.6) is 5.75 Å². The summed E-state index contributed by atoms with van der Waals surface area (Å²) in [5.41, 5.74) is 5.35. The van der Waals surface area contributed by atoms with Gasteiger partial charge in [-0.05, 0) is 29.8 Å². The van der Waals surface area contributed by atoms with Crippen molar-refractivity contribution in [2.24, 2.45) is 0 Å². The first-order valence-corrected chi connectivity index (χ1v) is 12.0. The van der Waals surface area contributed by atoms with Crippen molar-refractivity contribution in [3.63, 3.8) is 0 Å². The van der Waals surface area contributed by atoms with Crippen molar-refractivity contribution in [1.82, 2.24) is 19.8 Å². The summed E-state index contributed by atoms with van der Waals surface area (Å²) in [7, 11) is 0. The Morgan fingerprint density at radius 2 is 1.85 bits per heavy atom. The van der Waals surface area contributed by atoms with Crippen LogP contribution in [0.4, 0.5) is 5.69 Å². The van der Waals surface area contributed by atoms with Crippen molar-refractivity contribution in [3.8, 4) is 22.6 Å². The van der Waals surface area contributed by atoms with Crippen LogP contribution >= 0.6 is 11.6 Å². The Kier molecular flexibility index (Phi) is 5.72. The normalized spacial score (nSPS) is 18.5. The molecule has 0 saturated carbocycles. The number of rotatable bonds is 4. The molecule has 2 fully saturated rings. The molecule has 2 saturated heterocycles. The maximum atomic E-state index is 6.73. The molecular formula is C25H28ClN5O2. The average Bonchev–Trinajstić information content (AvgIpc) is 3.28. The minimum Gasteiger partial charge on any atom is -0.483 e. The summed E-state index contributed by atoms with van der Waals surface area (Å²) in [5.74, 6) is 1.80. The van der Waals surface area contributed by atoms with Crippen LogP contribution in [-0.2, 0) is 17.9 Å². The number of nitrogens with zero attached hydrogens (tertiary/aromatic N) is 4. The van der Waals surface area contributed by atoms with E-state index in [1.54, 1.807) is 0 Å². The molecule has 1 aromatic heterocycles. The number of benzene rings is 2. The molecular weight excluding hydrogens is 438 g/mol. The first-order valence-electron chi connectivity index (χ1n) is 11.6. The van der Waals surface area contributed by atoms with Crippen molar-refractivity contribution in [1.29, 1.82) is 0 Å². The first-order chi connectivity index (χ1) is 16.2. The van der Waals surface area contributed by atoms with E-state index in [0.717, 1.165) is 98.1 Å². The van der Waals surface area contributed by atoms with Gasteiger partial charge in [0, 0.05) is 63.3 Å². The van der Waals surface area contributed by atoms with Crippen molar-refractivity contribution >= 4 is 17.3 Å². The third-order valence-electron chi connectivity index (χ3n) is 6.64. The Morgan fingerprint density at radius 3 is 2.67 bits per heavy atom. The van der Waals surface area contributed by atoms with Crippen LogP contribution in [0.15, 0.2) is 42.6 Å². The maximum absolute atomic E-state index is 6.73. The van der Waals surface area contributed by atoms with Crippen LogP contribution in [0.1, 0.15) is 11.5 Å². The lowest BCUT2D eigenvalue weighted by atomic mass is 10.0. The summed E-state index contributed by atoms with van der Waals surface area (Å²) >= 11 is 6.73. The predicted octanol–water partition coefficient (Wildman–Crippen LogP) is 3.33. The molecule has 8 heteroatoms. The second-order valence-electron chi connectivity index (χ2n) is 8.78. The van der Waals surface area contributed by atoms with Gasteiger partial charge in [-0.15, -0.1) is 0 Å². The minimum absolute atomic E-state index is 0.467. The standard InChI is InChI=1S/C25H28ClN5O2/c26-22-14-20(30-7-5-27-6-8-30)2-3-21(22)18-1-4-23-24(13-18)33-17-25-28-19(16-31(23)25)15-29-9-11-32-12-10-29/h1-4,13-14,16,27H,5-12,15,17H2. The van der Waals surface area contributed by atoms with E-state index < -0.39 is 0 Å². The molecule has 6 rings (SSSR count). The Hall–Kier alpha value is -2.58. The average molecular weight is 466 g/mol. The topological polar surface area (TPSA) is 54.8 Å². The zero-order chi connectivity index (χ0) is 22.2. The van der Waals surface area contributed by atoms with Crippen molar-refractivity contribution in [2.45, 2.75) is 13.2 Å². The molecule has 4 heterocycles. The van der Waals surface area contributed by atoms with Gasteiger partial charge in [-0.25, -0.2) is 4.98 Å². The lowest BCUT2D eigenvalue weighted by Crippen LogP contribution is -2.43. The molecule has 3 aliphatic heterocycles. The van der Waals surface area contributed by atoms with Crippen LogP contribution in [0.3, 0.4) is 0 Å².